The Morgan fingerprint density at radius 3 is 2.62 bits per heavy atom. The van der Waals surface area contributed by atoms with Gasteiger partial charge in [-0.15, -0.1) is 0 Å². The van der Waals surface area contributed by atoms with Crippen LogP contribution in [0.15, 0.2) is 18.2 Å². The molecule has 1 fully saturated rings. The number of ether oxygens (including phenoxy) is 1. The van der Waals surface area contributed by atoms with Crippen LogP contribution in [0, 0.1) is 0 Å². The van der Waals surface area contributed by atoms with Crippen molar-refractivity contribution >= 4 is 17.3 Å². The van der Waals surface area contributed by atoms with Crippen LogP contribution in [-0.2, 0) is 4.79 Å². The molecule has 5 nitrogen and oxygen atoms in total. The van der Waals surface area contributed by atoms with Gasteiger partial charge in [0, 0.05) is 26.1 Å². The third-order valence-corrected chi connectivity index (χ3v) is 3.65. The van der Waals surface area contributed by atoms with Crippen LogP contribution in [-0.4, -0.2) is 31.1 Å². The molecule has 116 valence electrons. The first-order valence-corrected chi connectivity index (χ1v) is 7.54. The Hall–Kier alpha value is -1.91. The fourth-order valence-corrected chi connectivity index (χ4v) is 2.72. The van der Waals surface area contributed by atoms with E-state index >= 15 is 0 Å². The van der Waals surface area contributed by atoms with Gasteiger partial charge in [-0.25, -0.2) is 0 Å². The summed E-state index contributed by atoms with van der Waals surface area (Å²) < 4.78 is 5.74. The number of piperidine rings is 1. The van der Waals surface area contributed by atoms with Crippen molar-refractivity contribution in [2.45, 2.75) is 45.8 Å². The molecule has 1 aromatic carbocycles. The number of carbonyl (C=O) groups excluding carboxylic acids is 1. The number of amides is 1. The van der Waals surface area contributed by atoms with Crippen LogP contribution in [0.5, 0.6) is 5.75 Å². The first kappa shape index (κ1) is 15.5. The molecule has 0 saturated carbocycles. The summed E-state index contributed by atoms with van der Waals surface area (Å²) in [5.41, 5.74) is 7.96. The first-order valence-electron chi connectivity index (χ1n) is 7.54. The van der Waals surface area contributed by atoms with Crippen LogP contribution >= 0.6 is 0 Å². The molecule has 1 heterocycles. The van der Waals surface area contributed by atoms with Gasteiger partial charge in [0.05, 0.1) is 17.5 Å². The maximum Gasteiger partial charge on any atom is 0.217 e. The molecule has 0 radical (unpaired) electrons. The number of carbonyl (C=O) groups is 1. The summed E-state index contributed by atoms with van der Waals surface area (Å²) in [7, 11) is 0. The quantitative estimate of drug-likeness (QED) is 0.834. The summed E-state index contributed by atoms with van der Waals surface area (Å²) in [6.45, 7) is 7.33. The van der Waals surface area contributed by atoms with E-state index in [1.165, 1.54) is 0 Å². The number of benzene rings is 1. The van der Waals surface area contributed by atoms with Crippen molar-refractivity contribution in [2.24, 2.45) is 0 Å². The molecular weight excluding hydrogens is 266 g/mol. The predicted molar refractivity (Wildman–Crippen MR) is 85.7 cm³/mol. The van der Waals surface area contributed by atoms with Gasteiger partial charge in [-0.2, -0.15) is 0 Å². The lowest BCUT2D eigenvalue weighted by atomic mass is 10.0. The molecule has 1 amide bonds. The van der Waals surface area contributed by atoms with Crippen LogP contribution in [0.25, 0.3) is 0 Å². The minimum atomic E-state index is 0.0419. The number of anilines is 2. The molecular formula is C16H25N3O2. The highest BCUT2D eigenvalue weighted by Crippen LogP contribution is 2.34. The maximum atomic E-state index is 11.1. The third kappa shape index (κ3) is 4.03. The molecule has 0 aromatic heterocycles. The zero-order chi connectivity index (χ0) is 15.4. The molecule has 0 atom stereocenters. The average Bonchev–Trinajstić information content (AvgIpc) is 2.41. The summed E-state index contributed by atoms with van der Waals surface area (Å²) in [5, 5.41) is 2.98. The molecule has 21 heavy (non-hydrogen) atoms. The van der Waals surface area contributed by atoms with Crippen LogP contribution in [0.1, 0.15) is 33.6 Å². The molecule has 2 rings (SSSR count). The lowest BCUT2D eigenvalue weighted by Gasteiger charge is -2.34. The fraction of sp³-hybridized carbons (Fsp3) is 0.562. The number of para-hydroxylation sites is 1. The van der Waals surface area contributed by atoms with Gasteiger partial charge in [-0.3, -0.25) is 4.79 Å². The molecule has 1 aliphatic rings. The van der Waals surface area contributed by atoms with Gasteiger partial charge in [0.1, 0.15) is 5.75 Å². The normalized spacial score (nSPS) is 16.1. The van der Waals surface area contributed by atoms with Crippen molar-refractivity contribution in [3.8, 4) is 5.75 Å². The monoisotopic (exact) mass is 291 g/mol. The standard InChI is InChI=1S/C16H25N3O2/c1-11(2)21-15-6-4-5-14(16(15)17)19-9-7-13(8-10-19)18-12(3)20/h4-6,11,13H,7-10,17H2,1-3H3,(H,18,20). The van der Waals surface area contributed by atoms with E-state index in [1.54, 1.807) is 6.92 Å². The van der Waals surface area contributed by atoms with Gasteiger partial charge < -0.3 is 20.7 Å². The van der Waals surface area contributed by atoms with E-state index in [9.17, 15) is 4.79 Å². The van der Waals surface area contributed by atoms with Crippen molar-refractivity contribution in [3.05, 3.63) is 18.2 Å². The van der Waals surface area contributed by atoms with Crippen LogP contribution < -0.4 is 20.7 Å². The van der Waals surface area contributed by atoms with E-state index in [2.05, 4.69) is 10.2 Å². The predicted octanol–water partition coefficient (Wildman–Crippen LogP) is 2.16. The first-order chi connectivity index (χ1) is 9.97. The van der Waals surface area contributed by atoms with E-state index in [0.29, 0.717) is 5.69 Å². The third-order valence-electron chi connectivity index (χ3n) is 3.65. The summed E-state index contributed by atoms with van der Waals surface area (Å²) in [6.07, 6.45) is 1.98. The molecule has 0 bridgehead atoms. The summed E-state index contributed by atoms with van der Waals surface area (Å²) in [6, 6.07) is 6.18. The lowest BCUT2D eigenvalue weighted by Crippen LogP contribution is -2.44. The Labute approximate surface area is 126 Å². The van der Waals surface area contributed by atoms with E-state index in [-0.39, 0.29) is 18.1 Å². The molecule has 1 saturated heterocycles. The van der Waals surface area contributed by atoms with E-state index in [0.717, 1.165) is 37.4 Å². The zero-order valence-corrected chi connectivity index (χ0v) is 13.1. The van der Waals surface area contributed by atoms with Crippen LogP contribution in [0.2, 0.25) is 0 Å². The van der Waals surface area contributed by atoms with E-state index < -0.39 is 0 Å². The molecule has 0 spiro atoms. The van der Waals surface area contributed by atoms with Gasteiger partial charge >= 0.3 is 0 Å². The molecule has 1 aromatic rings. The Morgan fingerprint density at radius 2 is 2.05 bits per heavy atom. The highest BCUT2D eigenvalue weighted by atomic mass is 16.5. The second-order valence-electron chi connectivity index (χ2n) is 5.82. The Morgan fingerprint density at radius 1 is 1.38 bits per heavy atom. The van der Waals surface area contributed by atoms with Gasteiger partial charge in [0.25, 0.3) is 0 Å². The molecule has 3 N–H and O–H groups in total. The number of hydrogen-bond donors (Lipinski definition) is 2. The smallest absolute Gasteiger partial charge is 0.217 e. The SMILES string of the molecule is CC(=O)NC1CCN(c2cccc(OC(C)C)c2N)CC1. The Balaban J connectivity index is 2.05. The number of nitrogens with two attached hydrogens (primary N) is 1. The zero-order valence-electron chi connectivity index (χ0n) is 13.1. The van der Waals surface area contributed by atoms with Crippen LogP contribution in [0.3, 0.4) is 0 Å². The highest BCUT2D eigenvalue weighted by molar-refractivity contribution is 5.75. The summed E-state index contributed by atoms with van der Waals surface area (Å²) >= 11 is 0. The maximum absolute atomic E-state index is 11.1. The number of nitrogens with one attached hydrogen (secondary N) is 1. The largest absolute Gasteiger partial charge is 0.489 e. The van der Waals surface area contributed by atoms with E-state index in [4.69, 9.17) is 10.5 Å². The second-order valence-corrected chi connectivity index (χ2v) is 5.82. The molecule has 1 aliphatic heterocycles. The summed E-state index contributed by atoms with van der Waals surface area (Å²) in [5.74, 6) is 0.784. The van der Waals surface area contributed by atoms with Gasteiger partial charge in [0.2, 0.25) is 5.91 Å². The lowest BCUT2D eigenvalue weighted by molar-refractivity contribution is -0.119. The number of hydrogen-bond acceptors (Lipinski definition) is 4. The topological polar surface area (TPSA) is 67.6 Å². The second kappa shape index (κ2) is 6.70. The van der Waals surface area contributed by atoms with Crippen molar-refractivity contribution in [1.29, 1.82) is 0 Å². The number of nitrogens with zero attached hydrogens (tertiary/aromatic N) is 1. The van der Waals surface area contributed by atoms with Crippen molar-refractivity contribution in [2.75, 3.05) is 23.7 Å². The summed E-state index contributed by atoms with van der Waals surface area (Å²) in [4.78, 5) is 13.4. The van der Waals surface area contributed by atoms with Crippen molar-refractivity contribution in [3.63, 3.8) is 0 Å². The minimum Gasteiger partial charge on any atom is -0.489 e. The molecule has 0 aliphatic carbocycles. The van der Waals surface area contributed by atoms with Gasteiger partial charge in [-0.05, 0) is 38.8 Å². The number of nitrogen functional groups attached to an aromatic ring is 1. The Bertz CT molecular complexity index is 494. The highest BCUT2D eigenvalue weighted by Gasteiger charge is 2.22. The molecule has 5 heteroatoms. The van der Waals surface area contributed by atoms with Crippen molar-refractivity contribution in [1.82, 2.24) is 5.32 Å². The molecule has 0 unspecified atom stereocenters. The number of rotatable bonds is 4. The average molecular weight is 291 g/mol. The van der Waals surface area contributed by atoms with Crippen molar-refractivity contribution < 1.29 is 9.53 Å². The van der Waals surface area contributed by atoms with E-state index in [1.807, 2.05) is 32.0 Å². The Kier molecular flexibility index (Phi) is 4.94. The fourth-order valence-electron chi connectivity index (χ4n) is 2.72. The van der Waals surface area contributed by atoms with Gasteiger partial charge in [-0.1, -0.05) is 6.07 Å². The van der Waals surface area contributed by atoms with Gasteiger partial charge in [0.15, 0.2) is 0 Å². The van der Waals surface area contributed by atoms with Crippen LogP contribution in [0.4, 0.5) is 11.4 Å². The minimum absolute atomic E-state index is 0.0419.